The summed E-state index contributed by atoms with van der Waals surface area (Å²) in [6.45, 7) is 3.01. The van der Waals surface area contributed by atoms with Gasteiger partial charge in [-0.15, -0.1) is 0 Å². The van der Waals surface area contributed by atoms with Gasteiger partial charge in [0.1, 0.15) is 0 Å². The Balaban J connectivity index is 1.72. The maximum absolute atomic E-state index is 12.6. The van der Waals surface area contributed by atoms with Crippen LogP contribution in [0.25, 0.3) is 0 Å². The van der Waals surface area contributed by atoms with Gasteiger partial charge in [-0.3, -0.25) is 14.9 Å². The van der Waals surface area contributed by atoms with Gasteiger partial charge in [0.25, 0.3) is 5.69 Å². The van der Waals surface area contributed by atoms with E-state index >= 15 is 0 Å². The minimum Gasteiger partial charge on any atom is -0.454 e. The largest absolute Gasteiger partial charge is 0.454 e. The molecule has 10 heteroatoms. The number of non-ortho nitro benzene ring substituents is 1. The number of esters is 1. The van der Waals surface area contributed by atoms with Crippen molar-refractivity contribution in [3.8, 4) is 0 Å². The van der Waals surface area contributed by atoms with Crippen LogP contribution in [0.2, 0.25) is 0 Å². The molecule has 1 atom stereocenters. The zero-order valence-electron chi connectivity index (χ0n) is 16.0. The van der Waals surface area contributed by atoms with Gasteiger partial charge in [0.2, 0.25) is 5.78 Å². The van der Waals surface area contributed by atoms with Crippen molar-refractivity contribution >= 4 is 27.3 Å². The zero-order chi connectivity index (χ0) is 21.3. The number of nitro groups is 1. The first-order valence-corrected chi connectivity index (χ1v) is 10.7. The number of carbonyl (C=O) groups excluding carboxylic acids is 2. The number of aryl methyl sites for hydroxylation is 1. The van der Waals surface area contributed by atoms with E-state index in [9.17, 15) is 28.1 Å². The summed E-state index contributed by atoms with van der Waals surface area (Å²) in [5.41, 5.74) is 1.48. The van der Waals surface area contributed by atoms with Gasteiger partial charge >= 0.3 is 5.97 Å². The summed E-state index contributed by atoms with van der Waals surface area (Å²) in [5.74, 6) is -1.10. The van der Waals surface area contributed by atoms with Crippen LogP contribution in [-0.2, 0) is 14.6 Å². The molecule has 154 valence electrons. The van der Waals surface area contributed by atoms with Gasteiger partial charge in [0, 0.05) is 35.1 Å². The summed E-state index contributed by atoms with van der Waals surface area (Å²) in [5, 5.41) is 10.8. The fraction of sp³-hybridized carbons (Fsp3) is 0.368. The summed E-state index contributed by atoms with van der Waals surface area (Å²) in [4.78, 5) is 34.9. The number of ketones is 1. The number of carbonyl (C=O) groups is 2. The standard InChI is InChI=1S/C19H20N2O7S/c1-12-8-17(13(2)20(12)16-6-7-29(26,27)11-16)18(22)10-28-19(23)14-4-3-5-15(9-14)21(24)25/h3-5,8-9,16H,6-7,10-11H2,1-2H3. The highest BCUT2D eigenvalue weighted by Gasteiger charge is 2.31. The van der Waals surface area contributed by atoms with E-state index in [0.29, 0.717) is 17.7 Å². The lowest BCUT2D eigenvalue weighted by molar-refractivity contribution is -0.384. The van der Waals surface area contributed by atoms with Crippen molar-refractivity contribution in [3.63, 3.8) is 0 Å². The molecule has 0 N–H and O–H groups in total. The van der Waals surface area contributed by atoms with Crippen molar-refractivity contribution in [2.24, 2.45) is 0 Å². The van der Waals surface area contributed by atoms with Crippen LogP contribution in [0.5, 0.6) is 0 Å². The van der Waals surface area contributed by atoms with Crippen LogP contribution in [0, 0.1) is 24.0 Å². The average Bonchev–Trinajstić information content (AvgIpc) is 3.17. The van der Waals surface area contributed by atoms with E-state index in [4.69, 9.17) is 4.74 Å². The number of Topliss-reactive ketones (excluding diaryl/α,β-unsaturated/α-hetero) is 1. The van der Waals surface area contributed by atoms with E-state index in [-0.39, 0.29) is 28.8 Å². The van der Waals surface area contributed by atoms with Crippen LogP contribution in [0.4, 0.5) is 5.69 Å². The molecular weight excluding hydrogens is 400 g/mol. The molecule has 0 aliphatic carbocycles. The lowest BCUT2D eigenvalue weighted by Gasteiger charge is -2.16. The molecular formula is C19H20N2O7S. The van der Waals surface area contributed by atoms with Gasteiger partial charge < -0.3 is 9.30 Å². The lowest BCUT2D eigenvalue weighted by Crippen LogP contribution is -2.17. The molecule has 9 nitrogen and oxygen atoms in total. The summed E-state index contributed by atoms with van der Waals surface area (Å²) in [6, 6.07) is 6.50. The van der Waals surface area contributed by atoms with E-state index in [1.54, 1.807) is 19.9 Å². The Bertz CT molecular complexity index is 1100. The van der Waals surface area contributed by atoms with Crippen molar-refractivity contribution in [3.05, 3.63) is 63.0 Å². The first-order chi connectivity index (χ1) is 13.6. The minimum atomic E-state index is -3.07. The first-order valence-electron chi connectivity index (χ1n) is 8.92. The molecule has 0 spiro atoms. The Morgan fingerprint density at radius 3 is 2.62 bits per heavy atom. The summed E-state index contributed by atoms with van der Waals surface area (Å²) < 4.78 is 30.4. The maximum Gasteiger partial charge on any atom is 0.338 e. The van der Waals surface area contributed by atoms with Crippen LogP contribution in [-0.4, -0.2) is 47.8 Å². The molecule has 2 heterocycles. The lowest BCUT2D eigenvalue weighted by atomic mass is 10.1. The zero-order valence-corrected chi connectivity index (χ0v) is 16.8. The monoisotopic (exact) mass is 420 g/mol. The van der Waals surface area contributed by atoms with Crippen LogP contribution in [0.1, 0.15) is 44.6 Å². The second-order valence-corrected chi connectivity index (χ2v) is 9.25. The second kappa shape index (κ2) is 7.78. The van der Waals surface area contributed by atoms with Crippen LogP contribution >= 0.6 is 0 Å². The van der Waals surface area contributed by atoms with Gasteiger partial charge in [-0.05, 0) is 32.4 Å². The summed E-state index contributed by atoms with van der Waals surface area (Å²) >= 11 is 0. The van der Waals surface area contributed by atoms with E-state index in [0.717, 1.165) is 11.8 Å². The molecule has 0 radical (unpaired) electrons. The second-order valence-electron chi connectivity index (χ2n) is 7.02. The number of benzene rings is 1. The highest BCUT2D eigenvalue weighted by molar-refractivity contribution is 7.91. The smallest absolute Gasteiger partial charge is 0.338 e. The molecule has 0 amide bonds. The molecule has 2 aromatic rings. The quantitative estimate of drug-likeness (QED) is 0.304. The van der Waals surface area contributed by atoms with Crippen molar-refractivity contribution < 1.29 is 27.7 Å². The van der Waals surface area contributed by atoms with Crippen LogP contribution < -0.4 is 0 Å². The van der Waals surface area contributed by atoms with E-state index in [1.807, 2.05) is 4.57 Å². The Hall–Kier alpha value is -3.01. The molecule has 1 aliphatic rings. The molecule has 1 aromatic carbocycles. The summed E-state index contributed by atoms with van der Waals surface area (Å²) in [7, 11) is -3.07. The average molecular weight is 420 g/mol. The van der Waals surface area contributed by atoms with Crippen molar-refractivity contribution in [2.45, 2.75) is 26.3 Å². The van der Waals surface area contributed by atoms with Crippen molar-refractivity contribution in [2.75, 3.05) is 18.1 Å². The molecule has 1 aliphatic heterocycles. The summed E-state index contributed by atoms with van der Waals surface area (Å²) in [6.07, 6.45) is 0.494. The fourth-order valence-corrected chi connectivity index (χ4v) is 5.34. The van der Waals surface area contributed by atoms with Crippen molar-refractivity contribution in [1.82, 2.24) is 4.57 Å². The van der Waals surface area contributed by atoms with E-state index < -0.39 is 33.1 Å². The van der Waals surface area contributed by atoms with E-state index in [2.05, 4.69) is 0 Å². The number of ether oxygens (including phenoxy) is 1. The van der Waals surface area contributed by atoms with Gasteiger partial charge in [0.05, 0.1) is 22.0 Å². The molecule has 1 fully saturated rings. The number of aromatic nitrogens is 1. The SMILES string of the molecule is Cc1cc(C(=O)COC(=O)c2cccc([N+](=O)[O-])c2)c(C)n1C1CCS(=O)(=O)C1. The number of hydrogen-bond acceptors (Lipinski definition) is 7. The fourth-order valence-electron chi connectivity index (χ4n) is 3.64. The van der Waals surface area contributed by atoms with Gasteiger partial charge in [0.15, 0.2) is 16.4 Å². The molecule has 0 bridgehead atoms. The molecule has 1 unspecified atom stereocenters. The third-order valence-electron chi connectivity index (χ3n) is 4.99. The molecule has 1 saturated heterocycles. The molecule has 0 saturated carbocycles. The number of hydrogen-bond donors (Lipinski definition) is 0. The molecule has 3 rings (SSSR count). The van der Waals surface area contributed by atoms with Crippen LogP contribution in [0.3, 0.4) is 0 Å². The normalized spacial score (nSPS) is 17.8. The van der Waals surface area contributed by atoms with Gasteiger partial charge in [-0.1, -0.05) is 6.07 Å². The van der Waals surface area contributed by atoms with Gasteiger partial charge in [-0.2, -0.15) is 0 Å². The third-order valence-corrected chi connectivity index (χ3v) is 6.74. The number of sulfone groups is 1. The highest BCUT2D eigenvalue weighted by atomic mass is 32.2. The number of nitro benzene ring substituents is 1. The number of nitrogens with zero attached hydrogens (tertiary/aromatic N) is 2. The van der Waals surface area contributed by atoms with Gasteiger partial charge in [-0.25, -0.2) is 13.2 Å². The Labute approximate surface area is 167 Å². The highest BCUT2D eigenvalue weighted by Crippen LogP contribution is 2.29. The Morgan fingerprint density at radius 1 is 1.28 bits per heavy atom. The minimum absolute atomic E-state index is 0.0198. The predicted molar refractivity (Wildman–Crippen MR) is 104 cm³/mol. The first kappa shape index (κ1) is 20.7. The topological polar surface area (TPSA) is 126 Å². The maximum atomic E-state index is 12.6. The Morgan fingerprint density at radius 2 is 2.00 bits per heavy atom. The van der Waals surface area contributed by atoms with Crippen LogP contribution in [0.15, 0.2) is 30.3 Å². The Kier molecular flexibility index (Phi) is 5.56. The molecule has 29 heavy (non-hydrogen) atoms. The third kappa shape index (κ3) is 4.37. The molecule has 1 aromatic heterocycles. The van der Waals surface area contributed by atoms with E-state index in [1.165, 1.54) is 18.2 Å². The predicted octanol–water partition coefficient (Wildman–Crippen LogP) is 2.41. The van der Waals surface area contributed by atoms with Crippen molar-refractivity contribution in [1.29, 1.82) is 0 Å². The number of rotatable bonds is 6.